The van der Waals surface area contributed by atoms with Gasteiger partial charge in [0.15, 0.2) is 0 Å². The van der Waals surface area contributed by atoms with Gasteiger partial charge in [0, 0.05) is 25.9 Å². The molecule has 0 aromatic heterocycles. The second-order valence-electron chi connectivity index (χ2n) is 6.01. The zero-order valence-corrected chi connectivity index (χ0v) is 11.8. The molecule has 1 saturated heterocycles. The van der Waals surface area contributed by atoms with Crippen molar-refractivity contribution in [2.75, 3.05) is 13.1 Å². The molecule has 2 fully saturated rings. The van der Waals surface area contributed by atoms with Crippen molar-refractivity contribution in [1.82, 2.24) is 4.90 Å². The maximum absolute atomic E-state index is 12.2. The molecule has 1 heterocycles. The van der Waals surface area contributed by atoms with E-state index in [1.54, 1.807) is 0 Å². The number of rotatable bonds is 4. The zero-order valence-electron chi connectivity index (χ0n) is 11.8. The number of nitrogens with zero attached hydrogens (tertiary/aromatic N) is 1. The molecule has 1 N–H and O–H groups in total. The van der Waals surface area contributed by atoms with Crippen LogP contribution in [0.5, 0.6) is 0 Å². The highest BCUT2D eigenvalue weighted by molar-refractivity contribution is 6.03. The van der Waals surface area contributed by atoms with Crippen molar-refractivity contribution < 1.29 is 19.5 Å². The second kappa shape index (κ2) is 6.86. The number of likely N-dealkylation sites (tertiary alicyclic amines) is 1. The average molecular weight is 281 g/mol. The van der Waals surface area contributed by atoms with Crippen LogP contribution in [-0.4, -0.2) is 40.8 Å². The summed E-state index contributed by atoms with van der Waals surface area (Å²) in [5.41, 5.74) is 0. The number of ketones is 2. The summed E-state index contributed by atoms with van der Waals surface area (Å²) in [6.45, 7) is 0.276. The molecule has 20 heavy (non-hydrogen) atoms. The maximum Gasteiger partial charge on any atom is 0.407 e. The van der Waals surface area contributed by atoms with Gasteiger partial charge in [0.05, 0.1) is 5.92 Å². The summed E-state index contributed by atoms with van der Waals surface area (Å²) in [7, 11) is 0. The highest BCUT2D eigenvalue weighted by Gasteiger charge is 2.34. The van der Waals surface area contributed by atoms with Gasteiger partial charge in [-0.05, 0) is 12.3 Å². The van der Waals surface area contributed by atoms with Crippen LogP contribution >= 0.6 is 0 Å². The van der Waals surface area contributed by atoms with E-state index in [-0.39, 0.29) is 31.1 Å². The number of carbonyl (C=O) groups excluding carboxylic acids is 2. The SMILES string of the molecule is O=C(CCC1CCCCC1)C1CN(C(=O)O)CCC1=O. The molecule has 5 heteroatoms. The Bertz CT molecular complexity index is 387. The Morgan fingerprint density at radius 2 is 1.90 bits per heavy atom. The van der Waals surface area contributed by atoms with Gasteiger partial charge < -0.3 is 10.0 Å². The molecule has 0 radical (unpaired) electrons. The quantitative estimate of drug-likeness (QED) is 0.803. The minimum atomic E-state index is -1.04. The van der Waals surface area contributed by atoms with Crippen molar-refractivity contribution in [2.45, 2.75) is 51.4 Å². The molecule has 112 valence electrons. The van der Waals surface area contributed by atoms with Gasteiger partial charge in [-0.2, -0.15) is 0 Å². The number of hydrogen-bond acceptors (Lipinski definition) is 3. The lowest BCUT2D eigenvalue weighted by Crippen LogP contribution is -2.46. The van der Waals surface area contributed by atoms with Crippen LogP contribution in [0.2, 0.25) is 0 Å². The predicted octanol–water partition coefficient (Wildman–Crippen LogP) is 2.49. The lowest BCUT2D eigenvalue weighted by atomic mass is 9.83. The fourth-order valence-corrected chi connectivity index (χ4v) is 3.28. The molecule has 1 amide bonds. The molecular weight excluding hydrogens is 258 g/mol. The van der Waals surface area contributed by atoms with Gasteiger partial charge in [-0.3, -0.25) is 9.59 Å². The highest BCUT2D eigenvalue weighted by atomic mass is 16.4. The van der Waals surface area contributed by atoms with Crippen LogP contribution in [0.4, 0.5) is 4.79 Å². The molecular formula is C15H23NO4. The first-order chi connectivity index (χ1) is 9.58. The summed E-state index contributed by atoms with van der Waals surface area (Å²) in [5.74, 6) is -0.256. The van der Waals surface area contributed by atoms with Gasteiger partial charge in [-0.15, -0.1) is 0 Å². The normalized spacial score (nSPS) is 24.7. The molecule has 5 nitrogen and oxygen atoms in total. The van der Waals surface area contributed by atoms with Crippen LogP contribution < -0.4 is 0 Å². The topological polar surface area (TPSA) is 74.7 Å². The number of carbonyl (C=O) groups is 3. The third-order valence-corrected chi connectivity index (χ3v) is 4.60. The molecule has 2 rings (SSSR count). The van der Waals surface area contributed by atoms with Crippen LogP contribution in [-0.2, 0) is 9.59 Å². The van der Waals surface area contributed by atoms with Crippen molar-refractivity contribution in [3.63, 3.8) is 0 Å². The fourth-order valence-electron chi connectivity index (χ4n) is 3.28. The minimum Gasteiger partial charge on any atom is -0.465 e. The minimum absolute atomic E-state index is 0.0532. The van der Waals surface area contributed by atoms with E-state index in [4.69, 9.17) is 5.11 Å². The Balaban J connectivity index is 1.83. The molecule has 1 atom stereocenters. The van der Waals surface area contributed by atoms with Gasteiger partial charge in [0.1, 0.15) is 11.6 Å². The Morgan fingerprint density at radius 1 is 1.20 bits per heavy atom. The zero-order chi connectivity index (χ0) is 14.5. The molecule has 0 aromatic carbocycles. The van der Waals surface area contributed by atoms with E-state index in [2.05, 4.69) is 0 Å². The van der Waals surface area contributed by atoms with Gasteiger partial charge in [0.25, 0.3) is 0 Å². The van der Waals surface area contributed by atoms with E-state index in [1.165, 1.54) is 37.0 Å². The second-order valence-corrected chi connectivity index (χ2v) is 6.01. The van der Waals surface area contributed by atoms with E-state index in [0.29, 0.717) is 12.3 Å². The van der Waals surface area contributed by atoms with E-state index in [0.717, 1.165) is 6.42 Å². The number of amides is 1. The average Bonchev–Trinajstić information content (AvgIpc) is 2.46. The smallest absolute Gasteiger partial charge is 0.407 e. The first kappa shape index (κ1) is 15.0. The van der Waals surface area contributed by atoms with Crippen LogP contribution in [0.3, 0.4) is 0 Å². The van der Waals surface area contributed by atoms with E-state index in [1.807, 2.05) is 0 Å². The lowest BCUT2D eigenvalue weighted by molar-refractivity contribution is -0.135. The lowest BCUT2D eigenvalue weighted by Gasteiger charge is -2.29. The third kappa shape index (κ3) is 3.81. The van der Waals surface area contributed by atoms with Crippen LogP contribution in [0.25, 0.3) is 0 Å². The first-order valence-electron chi connectivity index (χ1n) is 7.61. The molecule has 2 aliphatic rings. The van der Waals surface area contributed by atoms with E-state index >= 15 is 0 Å². The molecule has 1 saturated carbocycles. The Kier molecular flexibility index (Phi) is 5.15. The fraction of sp³-hybridized carbons (Fsp3) is 0.800. The van der Waals surface area contributed by atoms with Gasteiger partial charge >= 0.3 is 6.09 Å². The van der Waals surface area contributed by atoms with Crippen molar-refractivity contribution >= 4 is 17.7 Å². The maximum atomic E-state index is 12.2. The Labute approximate surface area is 119 Å². The highest BCUT2D eigenvalue weighted by Crippen LogP contribution is 2.28. The van der Waals surface area contributed by atoms with Crippen molar-refractivity contribution in [3.8, 4) is 0 Å². The number of hydrogen-bond donors (Lipinski definition) is 1. The summed E-state index contributed by atoms with van der Waals surface area (Å²) in [5, 5.41) is 8.96. The summed E-state index contributed by atoms with van der Waals surface area (Å²) >= 11 is 0. The van der Waals surface area contributed by atoms with Crippen LogP contribution in [0.1, 0.15) is 51.4 Å². The largest absolute Gasteiger partial charge is 0.465 e. The Hall–Kier alpha value is -1.39. The van der Waals surface area contributed by atoms with E-state index < -0.39 is 12.0 Å². The molecule has 1 aliphatic heterocycles. The molecule has 1 aliphatic carbocycles. The first-order valence-corrected chi connectivity index (χ1v) is 7.61. The summed E-state index contributed by atoms with van der Waals surface area (Å²) in [4.78, 5) is 36.1. The van der Waals surface area contributed by atoms with E-state index in [9.17, 15) is 14.4 Å². The van der Waals surface area contributed by atoms with Gasteiger partial charge in [-0.1, -0.05) is 32.1 Å². The predicted molar refractivity (Wildman–Crippen MR) is 73.5 cm³/mol. The molecule has 0 bridgehead atoms. The molecule has 1 unspecified atom stereocenters. The molecule has 0 aromatic rings. The van der Waals surface area contributed by atoms with Gasteiger partial charge in [0.2, 0.25) is 0 Å². The number of piperidine rings is 1. The summed E-state index contributed by atoms with van der Waals surface area (Å²) in [6, 6.07) is 0. The van der Waals surface area contributed by atoms with Crippen molar-refractivity contribution in [1.29, 1.82) is 0 Å². The van der Waals surface area contributed by atoms with Crippen molar-refractivity contribution in [2.24, 2.45) is 11.8 Å². The number of carboxylic acid groups (broad SMARTS) is 1. The van der Waals surface area contributed by atoms with Crippen molar-refractivity contribution in [3.05, 3.63) is 0 Å². The summed E-state index contributed by atoms with van der Waals surface area (Å²) in [6.07, 6.45) is 6.57. The Morgan fingerprint density at radius 3 is 2.55 bits per heavy atom. The monoisotopic (exact) mass is 281 g/mol. The van der Waals surface area contributed by atoms with Crippen LogP contribution in [0.15, 0.2) is 0 Å². The summed E-state index contributed by atoms with van der Waals surface area (Å²) < 4.78 is 0. The molecule has 0 spiro atoms. The standard InChI is InChI=1S/C15H23NO4/c17-13(7-6-11-4-2-1-3-5-11)12-10-16(15(19)20)9-8-14(12)18/h11-12H,1-10H2,(H,19,20). The third-order valence-electron chi connectivity index (χ3n) is 4.60. The van der Waals surface area contributed by atoms with Crippen LogP contribution in [0, 0.1) is 11.8 Å². The number of Topliss-reactive ketones (excluding diaryl/α,β-unsaturated/α-hetero) is 2. The van der Waals surface area contributed by atoms with Gasteiger partial charge in [-0.25, -0.2) is 4.79 Å².